The van der Waals surface area contributed by atoms with E-state index in [9.17, 15) is 0 Å². The Morgan fingerprint density at radius 2 is 1.26 bits per heavy atom. The maximum atomic E-state index is 5.97. The first kappa shape index (κ1) is 34.7. The number of hydrogen-bond donors (Lipinski definition) is 0. The molecule has 1 atom stereocenters. The number of nitrogens with zero attached hydrogens (tertiary/aromatic N) is 3. The minimum atomic E-state index is 0.404. The van der Waals surface area contributed by atoms with E-state index in [4.69, 9.17) is 4.74 Å². The zero-order valence-electron chi connectivity index (χ0n) is 29.4. The molecule has 2 heterocycles. The molecule has 5 aliphatic rings. The van der Waals surface area contributed by atoms with Crippen LogP contribution in [0.1, 0.15) is 138 Å². The number of ether oxygens (including phenoxy) is 1. The molecule has 4 heteroatoms. The smallest absolute Gasteiger partial charge is 0.0589 e. The Balaban J connectivity index is 0.000000193. The van der Waals surface area contributed by atoms with Gasteiger partial charge in [-0.25, -0.2) is 0 Å². The zero-order chi connectivity index (χ0) is 30.1. The fourth-order valence-corrected chi connectivity index (χ4v) is 9.39. The van der Waals surface area contributed by atoms with Gasteiger partial charge < -0.3 is 19.4 Å². The van der Waals surface area contributed by atoms with Gasteiger partial charge in [0.05, 0.1) is 12.2 Å². The molecule has 0 bridgehead atoms. The van der Waals surface area contributed by atoms with Gasteiger partial charge in [0.2, 0.25) is 0 Å². The standard InChI is InChI=1S/C19H38N2.C19H35NO/c1-5-17(4)19-8-6-18(7-9-19)15-21-12-10-20(11-13-21)14-16(2)3;1-4-16-5-7-17(8-6-16)20-11-9-19(10-12-20)13-18(14-19)21-15(2)3/h16-19H,5-15H2,1-4H3;15-18H,4-14H2,1-3H3. The van der Waals surface area contributed by atoms with E-state index >= 15 is 0 Å². The van der Waals surface area contributed by atoms with Gasteiger partial charge in [0.15, 0.2) is 0 Å². The van der Waals surface area contributed by atoms with Crippen molar-refractivity contribution in [2.75, 3.05) is 52.4 Å². The molecule has 0 aromatic heterocycles. The second-order valence-electron chi connectivity index (χ2n) is 16.5. The monoisotopic (exact) mass is 588 g/mol. The van der Waals surface area contributed by atoms with Crippen LogP contribution in [0.15, 0.2) is 0 Å². The van der Waals surface area contributed by atoms with Crippen molar-refractivity contribution >= 4 is 0 Å². The van der Waals surface area contributed by atoms with Gasteiger partial charge in [-0.15, -0.1) is 0 Å². The summed E-state index contributed by atoms with van der Waals surface area (Å²) in [6.45, 7) is 26.7. The Kier molecular flexibility index (Phi) is 14.0. The van der Waals surface area contributed by atoms with E-state index in [1.807, 2.05) is 0 Å². The highest BCUT2D eigenvalue weighted by Gasteiger charge is 2.47. The summed E-state index contributed by atoms with van der Waals surface area (Å²) in [5.41, 5.74) is 0.663. The predicted octanol–water partition coefficient (Wildman–Crippen LogP) is 8.74. The van der Waals surface area contributed by atoms with Crippen molar-refractivity contribution in [1.29, 1.82) is 0 Å². The van der Waals surface area contributed by atoms with Crippen LogP contribution >= 0.6 is 0 Å². The lowest BCUT2D eigenvalue weighted by Gasteiger charge is -2.53. The molecular formula is C38H73N3O. The summed E-state index contributed by atoms with van der Waals surface area (Å²) < 4.78 is 5.97. The van der Waals surface area contributed by atoms with Crippen LogP contribution in [0.4, 0.5) is 0 Å². The van der Waals surface area contributed by atoms with Crippen LogP contribution < -0.4 is 0 Å². The summed E-state index contributed by atoms with van der Waals surface area (Å²) in [6, 6.07) is 0.910. The van der Waals surface area contributed by atoms with Crippen molar-refractivity contribution in [2.45, 2.75) is 157 Å². The molecule has 42 heavy (non-hydrogen) atoms. The fourth-order valence-electron chi connectivity index (χ4n) is 9.39. The van der Waals surface area contributed by atoms with Crippen molar-refractivity contribution in [3.63, 3.8) is 0 Å². The van der Waals surface area contributed by atoms with E-state index in [-0.39, 0.29) is 0 Å². The Morgan fingerprint density at radius 1 is 0.690 bits per heavy atom. The van der Waals surface area contributed by atoms with Crippen LogP contribution in [-0.2, 0) is 4.74 Å². The van der Waals surface area contributed by atoms with Crippen LogP contribution in [0.2, 0.25) is 0 Å². The molecule has 0 amide bonds. The number of piperazine rings is 1. The first-order valence-corrected chi connectivity index (χ1v) is 19.0. The van der Waals surface area contributed by atoms with Crippen molar-refractivity contribution in [2.24, 2.45) is 35.0 Å². The normalized spacial score (nSPS) is 32.5. The SMILES string of the molecule is CCC(C)C1CCC(CN2CCN(CC(C)C)CC2)CC1.CCC1CCC(N2CCC3(CC2)CC(OC(C)C)C3)CC1. The van der Waals surface area contributed by atoms with Crippen LogP contribution in [0.25, 0.3) is 0 Å². The van der Waals surface area contributed by atoms with Crippen molar-refractivity contribution in [3.8, 4) is 0 Å². The maximum Gasteiger partial charge on any atom is 0.0589 e. The molecule has 5 fully saturated rings. The summed E-state index contributed by atoms with van der Waals surface area (Å²) in [6.07, 6.45) is 21.1. The second kappa shape index (κ2) is 17.0. The van der Waals surface area contributed by atoms with E-state index < -0.39 is 0 Å². The van der Waals surface area contributed by atoms with E-state index in [0.29, 0.717) is 17.6 Å². The summed E-state index contributed by atoms with van der Waals surface area (Å²) in [4.78, 5) is 8.22. The highest BCUT2D eigenvalue weighted by Crippen LogP contribution is 2.51. The lowest BCUT2D eigenvalue weighted by Crippen LogP contribution is -2.52. The number of rotatable bonds is 10. The molecule has 3 aliphatic carbocycles. The molecule has 1 unspecified atom stereocenters. The lowest BCUT2D eigenvalue weighted by atomic mass is 9.61. The molecule has 2 saturated heterocycles. The van der Waals surface area contributed by atoms with E-state index in [1.54, 1.807) is 0 Å². The molecule has 3 saturated carbocycles. The molecular weight excluding hydrogens is 514 g/mol. The number of piperidine rings is 1. The van der Waals surface area contributed by atoms with Gasteiger partial charge in [-0.3, -0.25) is 0 Å². The van der Waals surface area contributed by atoms with Crippen LogP contribution in [0.5, 0.6) is 0 Å². The van der Waals surface area contributed by atoms with Gasteiger partial charge in [-0.05, 0) is 139 Å². The Morgan fingerprint density at radius 3 is 1.79 bits per heavy atom. The predicted molar refractivity (Wildman–Crippen MR) is 181 cm³/mol. The minimum absolute atomic E-state index is 0.404. The summed E-state index contributed by atoms with van der Waals surface area (Å²) >= 11 is 0. The average molecular weight is 588 g/mol. The third kappa shape index (κ3) is 10.4. The summed E-state index contributed by atoms with van der Waals surface area (Å²) in [5.74, 6) is 4.80. The van der Waals surface area contributed by atoms with E-state index in [1.165, 1.54) is 142 Å². The summed E-state index contributed by atoms with van der Waals surface area (Å²) in [5, 5.41) is 0. The zero-order valence-corrected chi connectivity index (χ0v) is 29.4. The fraction of sp³-hybridized carbons (Fsp3) is 1.00. The highest BCUT2D eigenvalue weighted by atomic mass is 16.5. The molecule has 5 rings (SSSR count). The second-order valence-corrected chi connectivity index (χ2v) is 16.5. The number of hydrogen-bond acceptors (Lipinski definition) is 4. The quantitative estimate of drug-likeness (QED) is 0.254. The van der Waals surface area contributed by atoms with Crippen LogP contribution in [0.3, 0.4) is 0 Å². The van der Waals surface area contributed by atoms with Gasteiger partial charge in [0, 0.05) is 45.3 Å². The van der Waals surface area contributed by atoms with Crippen molar-refractivity contribution in [1.82, 2.24) is 14.7 Å². The molecule has 1 spiro atoms. The third-order valence-electron chi connectivity index (χ3n) is 12.5. The van der Waals surface area contributed by atoms with Crippen LogP contribution in [-0.4, -0.2) is 85.3 Å². The first-order valence-electron chi connectivity index (χ1n) is 19.0. The van der Waals surface area contributed by atoms with Gasteiger partial charge in [-0.1, -0.05) is 47.5 Å². The Hall–Kier alpha value is -0.160. The Labute approximate surface area is 263 Å². The van der Waals surface area contributed by atoms with E-state index in [2.05, 4.69) is 63.2 Å². The molecule has 0 aromatic carbocycles. The van der Waals surface area contributed by atoms with Gasteiger partial charge in [0.1, 0.15) is 0 Å². The molecule has 0 radical (unpaired) electrons. The number of likely N-dealkylation sites (tertiary alicyclic amines) is 1. The molecule has 0 aromatic rings. The average Bonchev–Trinajstić information content (AvgIpc) is 2.98. The summed E-state index contributed by atoms with van der Waals surface area (Å²) in [7, 11) is 0. The largest absolute Gasteiger partial charge is 0.376 e. The topological polar surface area (TPSA) is 19.0 Å². The third-order valence-corrected chi connectivity index (χ3v) is 12.5. The first-order chi connectivity index (χ1) is 20.2. The molecule has 0 N–H and O–H groups in total. The minimum Gasteiger partial charge on any atom is -0.376 e. The van der Waals surface area contributed by atoms with E-state index in [0.717, 1.165) is 35.6 Å². The van der Waals surface area contributed by atoms with Gasteiger partial charge in [0.25, 0.3) is 0 Å². The highest BCUT2D eigenvalue weighted by molar-refractivity contribution is 4.99. The Bertz CT molecular complexity index is 715. The van der Waals surface area contributed by atoms with Gasteiger partial charge in [-0.2, -0.15) is 0 Å². The molecule has 2 aliphatic heterocycles. The van der Waals surface area contributed by atoms with Crippen LogP contribution in [0, 0.1) is 35.0 Å². The molecule has 4 nitrogen and oxygen atoms in total. The lowest BCUT2D eigenvalue weighted by molar-refractivity contribution is -0.126. The van der Waals surface area contributed by atoms with Crippen molar-refractivity contribution in [3.05, 3.63) is 0 Å². The van der Waals surface area contributed by atoms with Gasteiger partial charge >= 0.3 is 0 Å². The van der Waals surface area contributed by atoms with Crippen molar-refractivity contribution < 1.29 is 4.74 Å². The maximum absolute atomic E-state index is 5.97. The molecule has 246 valence electrons.